The van der Waals surface area contributed by atoms with E-state index >= 15 is 0 Å². The molecular weight excluding hydrogens is 216 g/mol. The predicted molar refractivity (Wildman–Crippen MR) is 67.2 cm³/mol. The molecule has 5 nitrogen and oxygen atoms in total. The predicted octanol–water partition coefficient (Wildman–Crippen LogP) is -0.241. The molecule has 0 radical (unpaired) electrons. The minimum Gasteiger partial charge on any atom is -0.368 e. The molecule has 0 aliphatic carbocycles. The molecule has 1 aromatic rings. The number of carbonyl (C=O) groups is 1. The number of primary amides is 1. The lowest BCUT2D eigenvalue weighted by Gasteiger charge is -2.27. The van der Waals surface area contributed by atoms with Crippen molar-refractivity contribution in [2.75, 3.05) is 20.1 Å². The molecule has 0 fully saturated rings. The number of amides is 1. The van der Waals surface area contributed by atoms with Gasteiger partial charge in [-0.2, -0.15) is 0 Å². The molecule has 0 bridgehead atoms. The van der Waals surface area contributed by atoms with E-state index < -0.39 is 11.4 Å². The van der Waals surface area contributed by atoms with Crippen molar-refractivity contribution in [3.63, 3.8) is 0 Å². The van der Waals surface area contributed by atoms with Gasteiger partial charge in [0.05, 0.1) is 0 Å². The van der Waals surface area contributed by atoms with Gasteiger partial charge in [-0.1, -0.05) is 0 Å². The first-order valence-electron chi connectivity index (χ1n) is 5.58. The number of rotatable bonds is 6. The van der Waals surface area contributed by atoms with Crippen molar-refractivity contribution in [3.05, 3.63) is 30.1 Å². The van der Waals surface area contributed by atoms with Gasteiger partial charge < -0.3 is 16.4 Å². The molecule has 4 N–H and O–H groups in total. The van der Waals surface area contributed by atoms with E-state index in [1.165, 1.54) is 5.56 Å². The van der Waals surface area contributed by atoms with Gasteiger partial charge in [0.1, 0.15) is 5.54 Å². The van der Waals surface area contributed by atoms with Crippen LogP contribution in [-0.2, 0) is 11.2 Å². The standard InChI is InChI=1S/C12H20N4O/c1-12(14,11(13)17)9-16(2)8-5-10-3-6-15-7-4-10/h3-4,6-7H,5,8-9,14H2,1-2H3,(H2,13,17). The highest BCUT2D eigenvalue weighted by Crippen LogP contribution is 2.03. The van der Waals surface area contributed by atoms with Crippen LogP contribution in [-0.4, -0.2) is 41.5 Å². The van der Waals surface area contributed by atoms with Crippen LogP contribution in [0.25, 0.3) is 0 Å². The summed E-state index contributed by atoms with van der Waals surface area (Å²) in [6.07, 6.45) is 4.44. The van der Waals surface area contributed by atoms with Crippen molar-refractivity contribution in [3.8, 4) is 0 Å². The number of aromatic nitrogens is 1. The second kappa shape index (κ2) is 5.75. The van der Waals surface area contributed by atoms with Crippen LogP contribution in [0.4, 0.5) is 0 Å². The lowest BCUT2D eigenvalue weighted by atomic mass is 10.0. The summed E-state index contributed by atoms with van der Waals surface area (Å²) in [5, 5.41) is 0. The molecule has 0 aliphatic rings. The van der Waals surface area contributed by atoms with Crippen molar-refractivity contribution in [2.24, 2.45) is 11.5 Å². The van der Waals surface area contributed by atoms with Crippen molar-refractivity contribution in [2.45, 2.75) is 18.9 Å². The van der Waals surface area contributed by atoms with Gasteiger partial charge in [-0.3, -0.25) is 9.78 Å². The quantitative estimate of drug-likeness (QED) is 0.713. The number of likely N-dealkylation sites (N-methyl/N-ethyl adjacent to an activating group) is 1. The number of carbonyl (C=O) groups excluding carboxylic acids is 1. The Morgan fingerprint density at radius 2 is 2.06 bits per heavy atom. The van der Waals surface area contributed by atoms with E-state index in [2.05, 4.69) is 4.98 Å². The molecule has 0 aliphatic heterocycles. The van der Waals surface area contributed by atoms with Gasteiger partial charge >= 0.3 is 0 Å². The summed E-state index contributed by atoms with van der Waals surface area (Å²) in [6, 6.07) is 3.95. The highest BCUT2D eigenvalue weighted by molar-refractivity contribution is 5.84. The fourth-order valence-electron chi connectivity index (χ4n) is 1.59. The fourth-order valence-corrected chi connectivity index (χ4v) is 1.59. The molecule has 1 amide bonds. The third kappa shape index (κ3) is 4.50. The van der Waals surface area contributed by atoms with Crippen LogP contribution in [0, 0.1) is 0 Å². The maximum absolute atomic E-state index is 11.1. The van der Waals surface area contributed by atoms with Crippen molar-refractivity contribution < 1.29 is 4.79 Å². The number of nitrogens with zero attached hydrogens (tertiary/aromatic N) is 2. The van der Waals surface area contributed by atoms with Gasteiger partial charge in [-0.05, 0) is 38.1 Å². The molecule has 0 aromatic carbocycles. The Kier molecular flexibility index (Phi) is 4.60. The summed E-state index contributed by atoms with van der Waals surface area (Å²) in [4.78, 5) is 17.1. The number of hydrogen-bond donors (Lipinski definition) is 2. The van der Waals surface area contributed by atoms with Gasteiger partial charge in [0, 0.05) is 25.5 Å². The topological polar surface area (TPSA) is 85.2 Å². The van der Waals surface area contributed by atoms with Crippen LogP contribution in [0.1, 0.15) is 12.5 Å². The van der Waals surface area contributed by atoms with Crippen molar-refractivity contribution in [1.82, 2.24) is 9.88 Å². The Hall–Kier alpha value is -1.46. The molecule has 0 saturated carbocycles. The lowest BCUT2D eigenvalue weighted by molar-refractivity contribution is -0.123. The highest BCUT2D eigenvalue weighted by Gasteiger charge is 2.26. The van der Waals surface area contributed by atoms with E-state index in [0.717, 1.165) is 13.0 Å². The SMILES string of the molecule is CN(CCc1ccncc1)CC(C)(N)C(N)=O. The smallest absolute Gasteiger partial charge is 0.238 e. The maximum atomic E-state index is 11.1. The Labute approximate surface area is 102 Å². The van der Waals surface area contributed by atoms with Crippen LogP contribution in [0.15, 0.2) is 24.5 Å². The van der Waals surface area contributed by atoms with Crippen LogP contribution < -0.4 is 11.5 Å². The molecule has 1 atom stereocenters. The Bertz CT molecular complexity index is 364. The molecule has 1 heterocycles. The first-order chi connectivity index (χ1) is 7.92. The zero-order valence-electron chi connectivity index (χ0n) is 10.4. The maximum Gasteiger partial charge on any atom is 0.238 e. The monoisotopic (exact) mass is 236 g/mol. The minimum absolute atomic E-state index is 0.452. The molecule has 1 aromatic heterocycles. The van der Waals surface area contributed by atoms with E-state index in [9.17, 15) is 4.79 Å². The Morgan fingerprint density at radius 1 is 1.47 bits per heavy atom. The van der Waals surface area contributed by atoms with E-state index in [0.29, 0.717) is 6.54 Å². The van der Waals surface area contributed by atoms with Gasteiger partial charge in [-0.15, -0.1) is 0 Å². The summed E-state index contributed by atoms with van der Waals surface area (Å²) in [5.74, 6) is -0.478. The van der Waals surface area contributed by atoms with Gasteiger partial charge in [0.25, 0.3) is 0 Å². The zero-order chi connectivity index (χ0) is 12.9. The summed E-state index contributed by atoms with van der Waals surface area (Å²) in [5.41, 5.74) is 11.3. The molecule has 0 saturated heterocycles. The molecule has 1 unspecified atom stereocenters. The molecule has 94 valence electrons. The molecule has 0 spiro atoms. The van der Waals surface area contributed by atoms with Crippen LogP contribution in [0.2, 0.25) is 0 Å². The highest BCUT2D eigenvalue weighted by atomic mass is 16.1. The van der Waals surface area contributed by atoms with Gasteiger partial charge in [0.2, 0.25) is 5.91 Å². The van der Waals surface area contributed by atoms with Crippen molar-refractivity contribution >= 4 is 5.91 Å². The van der Waals surface area contributed by atoms with Crippen molar-refractivity contribution in [1.29, 1.82) is 0 Å². The Balaban J connectivity index is 2.41. The average molecular weight is 236 g/mol. The summed E-state index contributed by atoms with van der Waals surface area (Å²) >= 11 is 0. The molecular formula is C12H20N4O. The number of hydrogen-bond acceptors (Lipinski definition) is 4. The number of nitrogens with two attached hydrogens (primary N) is 2. The van der Waals surface area contributed by atoms with E-state index in [1.807, 2.05) is 24.1 Å². The van der Waals surface area contributed by atoms with Crippen LogP contribution in [0.5, 0.6) is 0 Å². The number of pyridine rings is 1. The third-order valence-corrected chi connectivity index (χ3v) is 2.69. The van der Waals surface area contributed by atoms with Crippen LogP contribution >= 0.6 is 0 Å². The molecule has 5 heteroatoms. The van der Waals surface area contributed by atoms with E-state index in [-0.39, 0.29) is 0 Å². The van der Waals surface area contributed by atoms with E-state index in [1.54, 1.807) is 19.3 Å². The largest absolute Gasteiger partial charge is 0.368 e. The Morgan fingerprint density at radius 3 is 2.59 bits per heavy atom. The first-order valence-corrected chi connectivity index (χ1v) is 5.58. The second-order valence-corrected chi connectivity index (χ2v) is 4.62. The normalized spacial score (nSPS) is 14.6. The average Bonchev–Trinajstić information content (AvgIpc) is 2.27. The lowest BCUT2D eigenvalue weighted by Crippen LogP contribution is -2.56. The first kappa shape index (κ1) is 13.6. The zero-order valence-corrected chi connectivity index (χ0v) is 10.4. The van der Waals surface area contributed by atoms with E-state index in [4.69, 9.17) is 11.5 Å². The third-order valence-electron chi connectivity index (χ3n) is 2.69. The summed E-state index contributed by atoms with van der Waals surface area (Å²) < 4.78 is 0. The fraction of sp³-hybridized carbons (Fsp3) is 0.500. The molecule has 1 rings (SSSR count). The van der Waals surface area contributed by atoms with Gasteiger partial charge in [-0.25, -0.2) is 0 Å². The summed E-state index contributed by atoms with van der Waals surface area (Å²) in [7, 11) is 1.93. The summed E-state index contributed by atoms with van der Waals surface area (Å²) in [6.45, 7) is 2.93. The molecule has 17 heavy (non-hydrogen) atoms. The minimum atomic E-state index is -0.979. The second-order valence-electron chi connectivity index (χ2n) is 4.62. The van der Waals surface area contributed by atoms with Gasteiger partial charge in [0.15, 0.2) is 0 Å². The van der Waals surface area contributed by atoms with Crippen LogP contribution in [0.3, 0.4) is 0 Å².